The predicted octanol–water partition coefficient (Wildman–Crippen LogP) is 5.53. The average Bonchev–Trinajstić information content (AvgIpc) is 3.40. The van der Waals surface area contributed by atoms with Crippen LogP contribution in [0.3, 0.4) is 0 Å². The second-order valence-corrected chi connectivity index (χ2v) is 11.5. The average molecular weight is 538 g/mol. The molecule has 6 nitrogen and oxygen atoms in total. The minimum atomic E-state index is -1.46. The Labute approximate surface area is 226 Å². The number of likely N-dealkylation sites (N-methyl/N-ethyl adjacent to an activating group) is 1. The number of rotatable bonds is 7. The Kier molecular flexibility index (Phi) is 8.13. The van der Waals surface area contributed by atoms with Crippen molar-refractivity contribution in [2.75, 3.05) is 31.0 Å². The lowest BCUT2D eigenvalue weighted by atomic mass is 9.98. The maximum Gasteiger partial charge on any atom is 0.409 e. The molecule has 1 saturated heterocycles. The lowest BCUT2D eigenvalue weighted by molar-refractivity contribution is 0.0916. The van der Waals surface area contributed by atoms with Gasteiger partial charge >= 0.3 is 6.09 Å². The molecule has 3 aromatic rings. The predicted molar refractivity (Wildman–Crippen MR) is 148 cm³/mol. The number of benzene rings is 3. The summed E-state index contributed by atoms with van der Waals surface area (Å²) in [6, 6.07) is 25.4. The zero-order valence-electron chi connectivity index (χ0n) is 21.0. The van der Waals surface area contributed by atoms with Gasteiger partial charge in [0.15, 0.2) is 11.0 Å². The van der Waals surface area contributed by atoms with E-state index in [9.17, 15) is 9.00 Å². The fourth-order valence-electron chi connectivity index (χ4n) is 5.15. The van der Waals surface area contributed by atoms with Crippen molar-refractivity contribution in [3.8, 4) is 0 Å². The molecule has 0 spiro atoms. The number of hydrogen-bond acceptors (Lipinski definition) is 4. The van der Waals surface area contributed by atoms with Gasteiger partial charge in [0, 0.05) is 37.7 Å². The van der Waals surface area contributed by atoms with E-state index in [0.29, 0.717) is 9.92 Å². The van der Waals surface area contributed by atoms with Gasteiger partial charge in [-0.3, -0.25) is 9.21 Å². The number of nitrogens with zero attached hydrogens (tertiary/aromatic N) is 3. The zero-order chi connectivity index (χ0) is 25.8. The zero-order valence-corrected chi connectivity index (χ0v) is 22.5. The molecule has 3 atom stereocenters. The van der Waals surface area contributed by atoms with E-state index in [0.717, 1.165) is 50.1 Å². The highest BCUT2D eigenvalue weighted by atomic mass is 35.5. The largest absolute Gasteiger partial charge is 0.447 e. The fourth-order valence-corrected chi connectivity index (χ4v) is 6.66. The molecule has 3 unspecified atom stereocenters. The Morgan fingerprint density at radius 2 is 1.76 bits per heavy atom. The second-order valence-electron chi connectivity index (χ2n) is 9.70. The summed E-state index contributed by atoms with van der Waals surface area (Å²) in [5.41, 5.74) is 3.34. The highest BCUT2D eigenvalue weighted by Gasteiger charge is 2.34. The number of hydrogen-bond donors (Lipinski definition) is 0. The van der Waals surface area contributed by atoms with E-state index < -0.39 is 11.0 Å². The summed E-state index contributed by atoms with van der Waals surface area (Å²) in [5, 5.41) is 0.600. The third-order valence-electron chi connectivity index (χ3n) is 7.23. The first-order valence-electron chi connectivity index (χ1n) is 12.7. The molecule has 194 valence electrons. The molecule has 2 heterocycles. The smallest absolute Gasteiger partial charge is 0.409 e. The van der Waals surface area contributed by atoms with Crippen molar-refractivity contribution in [2.24, 2.45) is 0 Å². The first-order valence-corrected chi connectivity index (χ1v) is 14.2. The van der Waals surface area contributed by atoms with Crippen molar-refractivity contribution in [3.05, 3.63) is 95.0 Å². The molecule has 0 bridgehead atoms. The topological polar surface area (TPSA) is 53.1 Å². The molecular weight excluding hydrogens is 506 g/mol. The van der Waals surface area contributed by atoms with Gasteiger partial charge in [0.05, 0.1) is 16.6 Å². The molecule has 0 aliphatic carbocycles. The molecule has 0 N–H and O–H groups in total. The number of anilines is 1. The van der Waals surface area contributed by atoms with Crippen LogP contribution in [0.2, 0.25) is 5.02 Å². The highest BCUT2D eigenvalue weighted by Crippen LogP contribution is 2.34. The third kappa shape index (κ3) is 6.00. The number of para-hydroxylation sites is 1. The number of aryl methyl sites for hydroxylation is 1. The van der Waals surface area contributed by atoms with Crippen molar-refractivity contribution >= 4 is 34.4 Å². The fraction of sp³-hybridized carbons (Fsp3) is 0.345. The Morgan fingerprint density at radius 3 is 2.54 bits per heavy atom. The minimum Gasteiger partial charge on any atom is -0.447 e. The van der Waals surface area contributed by atoms with Crippen molar-refractivity contribution in [1.82, 2.24) is 9.80 Å². The van der Waals surface area contributed by atoms with Crippen LogP contribution < -0.4 is 4.31 Å². The highest BCUT2D eigenvalue weighted by molar-refractivity contribution is 7.86. The van der Waals surface area contributed by atoms with Crippen LogP contribution in [0, 0.1) is 0 Å². The summed E-state index contributed by atoms with van der Waals surface area (Å²) in [6.07, 6.45) is 2.19. The van der Waals surface area contributed by atoms with Gasteiger partial charge in [0.2, 0.25) is 0 Å². The maximum absolute atomic E-state index is 13.7. The van der Waals surface area contributed by atoms with Gasteiger partial charge in [-0.1, -0.05) is 60.1 Å². The van der Waals surface area contributed by atoms with Gasteiger partial charge in [0.25, 0.3) is 0 Å². The molecule has 1 amide bonds. The Bertz CT molecular complexity index is 1240. The molecule has 0 saturated carbocycles. The monoisotopic (exact) mass is 537 g/mol. The lowest BCUT2D eigenvalue weighted by Gasteiger charge is -2.37. The van der Waals surface area contributed by atoms with Crippen LogP contribution in [0.15, 0.2) is 83.8 Å². The number of halogens is 1. The van der Waals surface area contributed by atoms with Crippen LogP contribution in [0.4, 0.5) is 10.5 Å². The number of likely N-dealkylation sites (tertiary alicyclic amines) is 1. The van der Waals surface area contributed by atoms with E-state index in [-0.39, 0.29) is 24.8 Å². The number of carbonyl (C=O) groups excluding carboxylic acids is 1. The molecular formula is C29H32ClN3O3S. The summed E-state index contributed by atoms with van der Waals surface area (Å²) in [7, 11) is 0.360. The molecule has 2 aliphatic rings. The van der Waals surface area contributed by atoms with E-state index in [1.165, 1.54) is 5.56 Å². The lowest BCUT2D eigenvalue weighted by Crippen LogP contribution is -2.46. The Balaban J connectivity index is 1.23. The number of ether oxygens (including phenoxy) is 1. The number of carbonyl (C=O) groups is 1. The number of fused-ring (bicyclic) bond motifs is 1. The van der Waals surface area contributed by atoms with E-state index in [4.69, 9.17) is 16.3 Å². The standard InChI is InChI=1S/C29H32ClN3O3S/c1-31(25-17-18-32(20-25)19-22-7-3-2-4-8-22)29(34)36-21-26-14-11-23-9-5-6-10-28(23)33(26)37(35)27-15-12-24(30)13-16-27/h2-10,12-13,15-16,25-26H,11,14,17-21H2,1H3. The molecule has 2 aliphatic heterocycles. The third-order valence-corrected chi connectivity index (χ3v) is 9.01. The summed E-state index contributed by atoms with van der Waals surface area (Å²) in [4.78, 5) is 17.8. The molecule has 8 heteroatoms. The van der Waals surface area contributed by atoms with Gasteiger partial charge in [-0.2, -0.15) is 0 Å². The van der Waals surface area contributed by atoms with Crippen LogP contribution in [0.25, 0.3) is 0 Å². The quantitative estimate of drug-likeness (QED) is 0.398. The molecule has 5 rings (SSSR count). The van der Waals surface area contributed by atoms with E-state index >= 15 is 0 Å². The van der Waals surface area contributed by atoms with E-state index in [1.807, 2.05) is 35.6 Å². The molecule has 37 heavy (non-hydrogen) atoms. The molecule has 0 aromatic heterocycles. The summed E-state index contributed by atoms with van der Waals surface area (Å²) < 4.78 is 21.4. The van der Waals surface area contributed by atoms with Gasteiger partial charge in [-0.05, 0) is 60.7 Å². The summed E-state index contributed by atoms with van der Waals surface area (Å²) in [5.74, 6) is 0. The van der Waals surface area contributed by atoms with Crippen LogP contribution in [-0.4, -0.2) is 58.9 Å². The van der Waals surface area contributed by atoms with Crippen LogP contribution in [0.5, 0.6) is 0 Å². The van der Waals surface area contributed by atoms with Crippen LogP contribution in [-0.2, 0) is 28.7 Å². The summed E-state index contributed by atoms with van der Waals surface area (Å²) >= 11 is 6.05. The Morgan fingerprint density at radius 1 is 1.03 bits per heavy atom. The normalized spacial score (nSPS) is 20.3. The Hall–Kier alpha value is -2.87. The van der Waals surface area contributed by atoms with Crippen LogP contribution >= 0.6 is 11.6 Å². The first kappa shape index (κ1) is 25.8. The molecule has 1 fully saturated rings. The van der Waals surface area contributed by atoms with Crippen LogP contribution in [0.1, 0.15) is 24.0 Å². The maximum atomic E-state index is 13.7. The molecule has 0 radical (unpaired) electrons. The second kappa shape index (κ2) is 11.7. The minimum absolute atomic E-state index is 0.114. The van der Waals surface area contributed by atoms with E-state index in [1.54, 1.807) is 29.2 Å². The van der Waals surface area contributed by atoms with Gasteiger partial charge in [-0.15, -0.1) is 0 Å². The van der Waals surface area contributed by atoms with Crippen molar-refractivity contribution in [3.63, 3.8) is 0 Å². The first-order chi connectivity index (χ1) is 18.0. The van der Waals surface area contributed by atoms with Gasteiger partial charge < -0.3 is 9.64 Å². The van der Waals surface area contributed by atoms with Crippen molar-refractivity contribution < 1.29 is 13.7 Å². The van der Waals surface area contributed by atoms with Gasteiger partial charge in [-0.25, -0.2) is 9.00 Å². The van der Waals surface area contributed by atoms with E-state index in [2.05, 4.69) is 35.2 Å². The summed E-state index contributed by atoms with van der Waals surface area (Å²) in [6.45, 7) is 2.83. The van der Waals surface area contributed by atoms with Gasteiger partial charge in [0.1, 0.15) is 6.61 Å². The SMILES string of the molecule is CN(C(=O)OCC1CCc2ccccc2N1S(=O)c1ccc(Cl)cc1)C1CCN(Cc2ccccc2)C1. The van der Waals surface area contributed by atoms with Crippen molar-refractivity contribution in [1.29, 1.82) is 0 Å². The molecule has 3 aromatic carbocycles. The number of amides is 1. The van der Waals surface area contributed by atoms with Crippen molar-refractivity contribution in [2.45, 2.75) is 42.8 Å².